The van der Waals surface area contributed by atoms with E-state index in [-0.39, 0.29) is 11.5 Å². The lowest BCUT2D eigenvalue weighted by molar-refractivity contribution is -0.125. The molecule has 0 radical (unpaired) electrons. The molecular weight excluding hydrogens is 348 g/mol. The Labute approximate surface area is 125 Å². The van der Waals surface area contributed by atoms with E-state index in [1.165, 1.54) is 0 Å². The van der Waals surface area contributed by atoms with Crippen LogP contribution < -0.4 is 10.9 Å². The monoisotopic (exact) mass is 360 g/mol. The molecule has 0 aliphatic carbocycles. The fourth-order valence-electron chi connectivity index (χ4n) is 1.92. The molecule has 0 unspecified atom stereocenters. The lowest BCUT2D eigenvalue weighted by Gasteiger charge is -2.10. The first-order valence-electron chi connectivity index (χ1n) is 5.93. The van der Waals surface area contributed by atoms with Gasteiger partial charge in [0.15, 0.2) is 9.84 Å². The van der Waals surface area contributed by atoms with Crippen LogP contribution in [0.4, 0.5) is 0 Å². The van der Waals surface area contributed by atoms with Gasteiger partial charge in [-0.2, -0.15) is 0 Å². The molecule has 1 aliphatic rings. The highest BCUT2D eigenvalue weighted by atomic mass is 79.9. The van der Waals surface area contributed by atoms with E-state index in [1.807, 2.05) is 0 Å². The Hall–Kier alpha value is -1.41. The van der Waals surface area contributed by atoms with Crippen molar-refractivity contribution in [3.05, 3.63) is 34.3 Å². The summed E-state index contributed by atoms with van der Waals surface area (Å²) < 4.78 is 23.3. The molecular formula is C12H13BrN2O4S. The second-order valence-corrected chi connectivity index (χ2v) is 7.70. The molecule has 1 aromatic carbocycles. The van der Waals surface area contributed by atoms with E-state index in [9.17, 15) is 18.0 Å². The molecule has 20 heavy (non-hydrogen) atoms. The summed E-state index contributed by atoms with van der Waals surface area (Å²) in [5.74, 6) is -1.67. The van der Waals surface area contributed by atoms with Crippen LogP contribution in [0.3, 0.4) is 0 Å². The van der Waals surface area contributed by atoms with Gasteiger partial charge >= 0.3 is 0 Å². The SMILES string of the molecule is O=C(NNC(=O)[C@@H]1CCS(=O)(=O)C1)c1cccc(Br)c1. The van der Waals surface area contributed by atoms with Gasteiger partial charge in [0.05, 0.1) is 17.4 Å². The highest BCUT2D eigenvalue weighted by molar-refractivity contribution is 9.10. The average molecular weight is 361 g/mol. The molecule has 0 spiro atoms. The van der Waals surface area contributed by atoms with Gasteiger partial charge < -0.3 is 0 Å². The number of sulfone groups is 1. The van der Waals surface area contributed by atoms with Gasteiger partial charge in [0.1, 0.15) is 0 Å². The van der Waals surface area contributed by atoms with Crippen molar-refractivity contribution in [3.63, 3.8) is 0 Å². The van der Waals surface area contributed by atoms with Gasteiger partial charge in [-0.25, -0.2) is 8.42 Å². The Morgan fingerprint density at radius 1 is 1.25 bits per heavy atom. The Bertz CT molecular complexity index is 645. The second-order valence-electron chi connectivity index (χ2n) is 4.55. The predicted octanol–water partition coefficient (Wildman–Crippen LogP) is 0.645. The summed E-state index contributed by atoms with van der Waals surface area (Å²) in [6, 6.07) is 6.69. The van der Waals surface area contributed by atoms with Crippen LogP contribution >= 0.6 is 15.9 Å². The number of amides is 2. The molecule has 1 aliphatic heterocycles. The topological polar surface area (TPSA) is 92.3 Å². The normalized spacial score (nSPS) is 20.4. The van der Waals surface area contributed by atoms with Gasteiger partial charge in [0.2, 0.25) is 5.91 Å². The summed E-state index contributed by atoms with van der Waals surface area (Å²) in [6.45, 7) is 0. The maximum Gasteiger partial charge on any atom is 0.269 e. The zero-order chi connectivity index (χ0) is 14.8. The van der Waals surface area contributed by atoms with Crippen LogP contribution in [-0.2, 0) is 14.6 Å². The first-order valence-corrected chi connectivity index (χ1v) is 8.55. The molecule has 2 amide bonds. The van der Waals surface area contributed by atoms with Crippen molar-refractivity contribution in [2.24, 2.45) is 5.92 Å². The van der Waals surface area contributed by atoms with E-state index in [1.54, 1.807) is 24.3 Å². The van der Waals surface area contributed by atoms with Gasteiger partial charge in [-0.1, -0.05) is 22.0 Å². The molecule has 2 rings (SSSR count). The zero-order valence-corrected chi connectivity index (χ0v) is 12.8. The van der Waals surface area contributed by atoms with Crippen molar-refractivity contribution >= 4 is 37.6 Å². The van der Waals surface area contributed by atoms with Crippen LogP contribution in [0.25, 0.3) is 0 Å². The minimum atomic E-state index is -3.12. The summed E-state index contributed by atoms with van der Waals surface area (Å²) in [5, 5.41) is 0. The van der Waals surface area contributed by atoms with E-state index in [4.69, 9.17) is 0 Å². The minimum absolute atomic E-state index is 0.0185. The smallest absolute Gasteiger partial charge is 0.269 e. The summed E-state index contributed by atoms with van der Waals surface area (Å²) in [5.41, 5.74) is 4.93. The van der Waals surface area contributed by atoms with E-state index in [0.717, 1.165) is 4.47 Å². The summed E-state index contributed by atoms with van der Waals surface area (Å²) in [6.07, 6.45) is 0.293. The maximum absolute atomic E-state index is 11.8. The molecule has 8 heteroatoms. The van der Waals surface area contributed by atoms with Gasteiger partial charge in [-0.05, 0) is 24.6 Å². The van der Waals surface area contributed by atoms with Crippen molar-refractivity contribution in [2.45, 2.75) is 6.42 Å². The number of benzene rings is 1. The van der Waals surface area contributed by atoms with E-state index >= 15 is 0 Å². The molecule has 0 aromatic heterocycles. The van der Waals surface area contributed by atoms with Crippen LogP contribution in [0.2, 0.25) is 0 Å². The highest BCUT2D eigenvalue weighted by Crippen LogP contribution is 2.18. The van der Waals surface area contributed by atoms with E-state index in [2.05, 4.69) is 26.8 Å². The lowest BCUT2D eigenvalue weighted by atomic mass is 10.1. The number of hydrazine groups is 1. The summed E-state index contributed by atoms with van der Waals surface area (Å²) >= 11 is 3.24. The standard InChI is InChI=1S/C12H13BrN2O4S/c13-10-3-1-2-8(6-10)11(16)14-15-12(17)9-4-5-20(18,19)7-9/h1-3,6,9H,4-5,7H2,(H,14,16)(H,15,17)/t9-/m1/s1. The molecule has 1 saturated heterocycles. The third-order valence-corrected chi connectivity index (χ3v) is 5.25. The van der Waals surface area contributed by atoms with Crippen molar-refractivity contribution in [2.75, 3.05) is 11.5 Å². The number of rotatable bonds is 2. The van der Waals surface area contributed by atoms with Gasteiger partial charge in [-0.3, -0.25) is 20.4 Å². The number of hydrogen-bond donors (Lipinski definition) is 2. The number of hydrogen-bond acceptors (Lipinski definition) is 4. The van der Waals surface area contributed by atoms with E-state index in [0.29, 0.717) is 12.0 Å². The van der Waals surface area contributed by atoms with E-state index < -0.39 is 27.6 Å². The number of halogens is 1. The fraction of sp³-hybridized carbons (Fsp3) is 0.333. The Balaban J connectivity index is 1.89. The number of nitrogens with one attached hydrogen (secondary N) is 2. The van der Waals surface area contributed by atoms with Crippen molar-refractivity contribution in [1.29, 1.82) is 0 Å². The quantitative estimate of drug-likeness (QED) is 0.757. The Morgan fingerprint density at radius 2 is 2.00 bits per heavy atom. The molecule has 6 nitrogen and oxygen atoms in total. The molecule has 0 bridgehead atoms. The predicted molar refractivity (Wildman–Crippen MR) is 76.5 cm³/mol. The van der Waals surface area contributed by atoms with Crippen LogP contribution in [0.15, 0.2) is 28.7 Å². The average Bonchev–Trinajstić information content (AvgIpc) is 2.76. The Kier molecular flexibility index (Phi) is 4.44. The van der Waals surface area contributed by atoms with Gasteiger partial charge in [-0.15, -0.1) is 0 Å². The van der Waals surface area contributed by atoms with Crippen molar-refractivity contribution in [1.82, 2.24) is 10.9 Å². The van der Waals surface area contributed by atoms with Crippen molar-refractivity contribution in [3.8, 4) is 0 Å². The molecule has 1 aromatic rings. The molecule has 1 fully saturated rings. The fourth-order valence-corrected chi connectivity index (χ4v) is 4.06. The molecule has 1 heterocycles. The third kappa shape index (κ3) is 3.80. The third-order valence-electron chi connectivity index (χ3n) is 2.99. The van der Waals surface area contributed by atoms with Crippen LogP contribution in [0, 0.1) is 5.92 Å². The number of carbonyl (C=O) groups excluding carboxylic acids is 2. The van der Waals surface area contributed by atoms with Crippen LogP contribution in [0.1, 0.15) is 16.8 Å². The zero-order valence-electron chi connectivity index (χ0n) is 10.4. The molecule has 1 atom stereocenters. The minimum Gasteiger partial charge on any atom is -0.273 e. The van der Waals surface area contributed by atoms with Crippen molar-refractivity contribution < 1.29 is 18.0 Å². The van der Waals surface area contributed by atoms with Crippen LogP contribution in [-0.4, -0.2) is 31.7 Å². The number of carbonyl (C=O) groups is 2. The van der Waals surface area contributed by atoms with Gasteiger partial charge in [0.25, 0.3) is 5.91 Å². The first-order chi connectivity index (χ1) is 9.37. The highest BCUT2D eigenvalue weighted by Gasteiger charge is 2.33. The second kappa shape index (κ2) is 5.92. The summed E-state index contributed by atoms with van der Waals surface area (Å²) in [4.78, 5) is 23.5. The lowest BCUT2D eigenvalue weighted by Crippen LogP contribution is -2.44. The molecule has 2 N–H and O–H groups in total. The largest absolute Gasteiger partial charge is 0.273 e. The maximum atomic E-state index is 11.8. The van der Waals surface area contributed by atoms with Crippen LogP contribution in [0.5, 0.6) is 0 Å². The van der Waals surface area contributed by atoms with Gasteiger partial charge in [0, 0.05) is 10.0 Å². The Morgan fingerprint density at radius 3 is 2.60 bits per heavy atom. The summed E-state index contributed by atoms with van der Waals surface area (Å²) in [7, 11) is -3.12. The molecule has 108 valence electrons. The molecule has 0 saturated carbocycles. The first kappa shape index (κ1) is 15.0.